The molecule has 124 valence electrons. The van der Waals surface area contributed by atoms with Crippen LogP contribution in [0.4, 0.5) is 5.82 Å². The van der Waals surface area contributed by atoms with Crippen LogP contribution >= 0.6 is 38.5 Å². The number of methoxy groups -OCH3 is 1. The number of benzene rings is 1. The summed E-state index contributed by atoms with van der Waals surface area (Å²) in [4.78, 5) is 4.30. The highest BCUT2D eigenvalue weighted by atomic mass is 127. The molecule has 8 heteroatoms. The van der Waals surface area contributed by atoms with Crippen molar-refractivity contribution >= 4 is 50.6 Å². The summed E-state index contributed by atoms with van der Waals surface area (Å²) in [5, 5.41) is 23.5. The first-order chi connectivity index (χ1) is 11.5. The molecule has 0 fully saturated rings. The van der Waals surface area contributed by atoms with E-state index >= 15 is 0 Å². The van der Waals surface area contributed by atoms with Crippen molar-refractivity contribution in [3.8, 4) is 11.8 Å². The molecule has 0 saturated carbocycles. The Balaban J connectivity index is 2.31. The van der Waals surface area contributed by atoms with Crippen LogP contribution in [0.25, 0.3) is 0 Å². The number of ether oxygens (including phenoxy) is 1. The number of hydrazone groups is 1. The summed E-state index contributed by atoms with van der Waals surface area (Å²) in [6, 6.07) is 7.47. The zero-order valence-electron chi connectivity index (χ0n) is 13.0. The van der Waals surface area contributed by atoms with Crippen molar-refractivity contribution in [3.05, 3.63) is 48.6 Å². The number of nitrogens with one attached hydrogen (secondary N) is 1. The fourth-order valence-electron chi connectivity index (χ4n) is 2.06. The predicted molar refractivity (Wildman–Crippen MR) is 104 cm³/mol. The number of nitrogens with zero attached hydrogens (tertiary/aromatic N) is 3. The molecule has 6 nitrogen and oxygen atoms in total. The van der Waals surface area contributed by atoms with Gasteiger partial charge in [-0.1, -0.05) is 15.9 Å². The maximum Gasteiger partial charge on any atom is 0.164 e. The number of pyridine rings is 1. The van der Waals surface area contributed by atoms with Gasteiger partial charge < -0.3 is 9.84 Å². The summed E-state index contributed by atoms with van der Waals surface area (Å²) in [7, 11) is 1.57. The SMILES string of the molecule is COCc1cc(C)nc(N/N=C\c2cc(Br)cc(I)c2O)c1C#N. The summed E-state index contributed by atoms with van der Waals surface area (Å²) >= 11 is 5.41. The number of nitriles is 1. The molecule has 0 aliphatic carbocycles. The Morgan fingerprint density at radius 1 is 1.50 bits per heavy atom. The second-order valence-electron chi connectivity index (χ2n) is 4.89. The average Bonchev–Trinajstić information content (AvgIpc) is 2.52. The monoisotopic (exact) mass is 500 g/mol. The second kappa shape index (κ2) is 8.41. The van der Waals surface area contributed by atoms with Crippen molar-refractivity contribution in [3.63, 3.8) is 0 Å². The Kier molecular flexibility index (Phi) is 6.53. The first kappa shape index (κ1) is 18.6. The Bertz CT molecular complexity index is 834. The van der Waals surface area contributed by atoms with Gasteiger partial charge in [0.2, 0.25) is 0 Å². The molecule has 24 heavy (non-hydrogen) atoms. The highest BCUT2D eigenvalue weighted by Gasteiger charge is 2.11. The van der Waals surface area contributed by atoms with E-state index in [1.807, 2.05) is 29.5 Å². The van der Waals surface area contributed by atoms with Crippen LogP contribution in [-0.4, -0.2) is 23.4 Å². The third-order valence-electron chi connectivity index (χ3n) is 3.07. The Labute approximate surface area is 161 Å². The minimum absolute atomic E-state index is 0.141. The van der Waals surface area contributed by atoms with Gasteiger partial charge in [-0.3, -0.25) is 5.43 Å². The van der Waals surface area contributed by atoms with Crippen molar-refractivity contribution in [1.29, 1.82) is 5.26 Å². The van der Waals surface area contributed by atoms with E-state index in [4.69, 9.17) is 4.74 Å². The molecule has 0 spiro atoms. The molecule has 1 heterocycles. The first-order valence-electron chi connectivity index (χ1n) is 6.83. The number of hydrogen-bond donors (Lipinski definition) is 2. The van der Waals surface area contributed by atoms with E-state index in [0.29, 0.717) is 27.1 Å². The Morgan fingerprint density at radius 3 is 2.92 bits per heavy atom. The number of aryl methyl sites for hydroxylation is 1. The highest BCUT2D eigenvalue weighted by molar-refractivity contribution is 14.1. The lowest BCUT2D eigenvalue weighted by Gasteiger charge is -2.09. The fraction of sp³-hybridized carbons (Fsp3) is 0.188. The van der Waals surface area contributed by atoms with Gasteiger partial charge in [0.05, 0.1) is 16.4 Å². The number of aromatic hydroxyl groups is 1. The zero-order valence-corrected chi connectivity index (χ0v) is 16.7. The van der Waals surface area contributed by atoms with Gasteiger partial charge in [-0.25, -0.2) is 4.98 Å². The maximum absolute atomic E-state index is 10.0. The van der Waals surface area contributed by atoms with Crippen molar-refractivity contribution in [2.45, 2.75) is 13.5 Å². The number of hydrogen-bond acceptors (Lipinski definition) is 6. The van der Waals surface area contributed by atoms with Gasteiger partial charge in [-0.2, -0.15) is 10.4 Å². The Hall–Kier alpha value is -1.70. The lowest BCUT2D eigenvalue weighted by Crippen LogP contribution is -2.03. The van der Waals surface area contributed by atoms with E-state index in [0.717, 1.165) is 15.7 Å². The van der Waals surface area contributed by atoms with E-state index in [9.17, 15) is 10.4 Å². The van der Waals surface area contributed by atoms with E-state index in [-0.39, 0.29) is 5.75 Å². The minimum Gasteiger partial charge on any atom is -0.506 e. The summed E-state index contributed by atoms with van der Waals surface area (Å²) in [6.45, 7) is 2.15. The van der Waals surface area contributed by atoms with Crippen molar-refractivity contribution in [2.75, 3.05) is 12.5 Å². The molecular weight excluding hydrogens is 487 g/mol. The molecule has 2 rings (SSSR count). The van der Waals surface area contributed by atoms with Crippen molar-refractivity contribution in [2.24, 2.45) is 5.10 Å². The molecule has 1 aromatic heterocycles. The molecule has 1 aromatic carbocycles. The minimum atomic E-state index is 0.141. The summed E-state index contributed by atoms with van der Waals surface area (Å²) in [5.74, 6) is 0.493. The topological polar surface area (TPSA) is 90.5 Å². The average molecular weight is 501 g/mol. The number of phenols is 1. The normalized spacial score (nSPS) is 10.8. The van der Waals surface area contributed by atoms with Gasteiger partial charge in [0.25, 0.3) is 0 Å². The van der Waals surface area contributed by atoms with Gasteiger partial charge >= 0.3 is 0 Å². The molecule has 0 bridgehead atoms. The van der Waals surface area contributed by atoms with Crippen LogP contribution in [0.3, 0.4) is 0 Å². The second-order valence-corrected chi connectivity index (χ2v) is 6.96. The van der Waals surface area contributed by atoms with Gasteiger partial charge in [-0.15, -0.1) is 0 Å². The largest absolute Gasteiger partial charge is 0.506 e. The molecule has 0 aliphatic heterocycles. The van der Waals surface area contributed by atoms with Gasteiger partial charge in [0.1, 0.15) is 17.4 Å². The van der Waals surface area contributed by atoms with Crippen LogP contribution in [0.2, 0.25) is 0 Å². The number of aromatic nitrogens is 1. The quantitative estimate of drug-likeness (QED) is 0.369. The highest BCUT2D eigenvalue weighted by Crippen LogP contribution is 2.27. The lowest BCUT2D eigenvalue weighted by molar-refractivity contribution is 0.184. The molecule has 0 saturated heterocycles. The smallest absolute Gasteiger partial charge is 0.164 e. The fourth-order valence-corrected chi connectivity index (χ4v) is 3.61. The predicted octanol–water partition coefficient (Wildman–Crippen LogP) is 3.93. The van der Waals surface area contributed by atoms with Crippen LogP contribution in [0.1, 0.15) is 22.4 Å². The van der Waals surface area contributed by atoms with Crippen molar-refractivity contribution < 1.29 is 9.84 Å². The van der Waals surface area contributed by atoms with Crippen molar-refractivity contribution in [1.82, 2.24) is 4.98 Å². The van der Waals surface area contributed by atoms with Crippen LogP contribution in [0.15, 0.2) is 27.8 Å². The molecule has 2 N–H and O–H groups in total. The van der Waals surface area contributed by atoms with Crippen LogP contribution in [-0.2, 0) is 11.3 Å². The van der Waals surface area contributed by atoms with Gasteiger partial charge in [-0.05, 0) is 47.7 Å². The molecule has 2 aromatic rings. The Morgan fingerprint density at radius 2 is 2.25 bits per heavy atom. The number of phenolic OH excluding ortho intramolecular Hbond substituents is 1. The van der Waals surface area contributed by atoms with E-state index in [1.165, 1.54) is 6.21 Å². The molecule has 0 amide bonds. The van der Waals surface area contributed by atoms with Crippen LogP contribution in [0, 0.1) is 21.8 Å². The van der Waals surface area contributed by atoms with Gasteiger partial charge in [0.15, 0.2) is 5.82 Å². The molecule has 0 unspecified atom stereocenters. The number of halogens is 2. The summed E-state index contributed by atoms with van der Waals surface area (Å²) in [5.41, 5.74) is 5.19. The molecule has 0 radical (unpaired) electrons. The number of rotatable bonds is 5. The molecular formula is C16H14BrIN4O2. The molecule has 0 atom stereocenters. The van der Waals surface area contributed by atoms with Gasteiger partial charge in [0, 0.05) is 28.4 Å². The van der Waals surface area contributed by atoms with Crippen LogP contribution < -0.4 is 5.43 Å². The zero-order chi connectivity index (χ0) is 17.7. The van der Waals surface area contributed by atoms with E-state index in [1.54, 1.807) is 25.3 Å². The number of anilines is 1. The lowest BCUT2D eigenvalue weighted by atomic mass is 10.1. The summed E-state index contributed by atoms with van der Waals surface area (Å²) in [6.07, 6.45) is 1.48. The maximum atomic E-state index is 10.0. The van der Waals surface area contributed by atoms with Crippen LogP contribution in [0.5, 0.6) is 5.75 Å². The van der Waals surface area contributed by atoms with E-state index in [2.05, 4.69) is 37.5 Å². The third-order valence-corrected chi connectivity index (χ3v) is 4.35. The standard InChI is InChI=1S/C16H14BrIN4O2/c1-9-3-11(8-24-2)13(6-19)16(21-9)22-20-7-10-4-12(17)5-14(18)15(10)23/h3-5,7,23H,8H2,1-2H3,(H,21,22)/b20-7-. The first-order valence-corrected chi connectivity index (χ1v) is 8.70. The molecule has 0 aliphatic rings. The third kappa shape index (κ3) is 4.43. The summed E-state index contributed by atoms with van der Waals surface area (Å²) < 4.78 is 6.65. The van der Waals surface area contributed by atoms with E-state index < -0.39 is 0 Å².